The Morgan fingerprint density at radius 2 is 1.64 bits per heavy atom. The van der Waals surface area contributed by atoms with Crippen LogP contribution in [0.3, 0.4) is 0 Å². The van der Waals surface area contributed by atoms with Gasteiger partial charge in [0.05, 0.1) is 12.0 Å². The van der Waals surface area contributed by atoms with Crippen molar-refractivity contribution in [3.63, 3.8) is 0 Å². The highest BCUT2D eigenvalue weighted by Crippen LogP contribution is 2.16. The third kappa shape index (κ3) is 7.48. The van der Waals surface area contributed by atoms with E-state index in [4.69, 9.17) is 11.6 Å². The Balaban J connectivity index is 1.57. The quantitative estimate of drug-likeness (QED) is 0.494. The summed E-state index contributed by atoms with van der Waals surface area (Å²) in [6.45, 7) is -0.163. The molecule has 3 aromatic carbocycles. The number of carbonyl (C=O) groups excluding carboxylic acids is 2. The Morgan fingerprint density at radius 1 is 0.939 bits per heavy atom. The smallest absolute Gasteiger partial charge is 0.255 e. The van der Waals surface area contributed by atoms with E-state index in [1.165, 1.54) is 42.3 Å². The van der Waals surface area contributed by atoms with E-state index in [0.29, 0.717) is 22.0 Å². The first-order chi connectivity index (χ1) is 15.7. The first kappa shape index (κ1) is 24.0. The Hall–Kier alpha value is -3.62. The van der Waals surface area contributed by atoms with Gasteiger partial charge < -0.3 is 10.2 Å². The molecular weight excluding hydrogens is 462 g/mol. The maximum absolute atomic E-state index is 12.6. The van der Waals surface area contributed by atoms with E-state index in [0.717, 1.165) is 11.0 Å². The van der Waals surface area contributed by atoms with Crippen LogP contribution in [0.5, 0.6) is 0 Å². The van der Waals surface area contributed by atoms with Gasteiger partial charge in [0.25, 0.3) is 15.9 Å². The van der Waals surface area contributed by atoms with Gasteiger partial charge in [-0.15, -0.1) is 0 Å². The number of likely N-dealkylation sites (N-methyl/N-ethyl adjacent to an activating group) is 1. The zero-order valence-electron chi connectivity index (χ0n) is 17.7. The number of nitrogens with one attached hydrogen (secondary N) is 2. The number of benzene rings is 3. The lowest BCUT2D eigenvalue weighted by Gasteiger charge is -2.17. The Kier molecular flexibility index (Phi) is 7.87. The molecule has 0 bridgehead atoms. The third-order valence-electron chi connectivity index (χ3n) is 4.47. The molecule has 2 N–H and O–H groups in total. The summed E-state index contributed by atoms with van der Waals surface area (Å²) in [6.07, 6.45) is 1.49. The van der Waals surface area contributed by atoms with Crippen molar-refractivity contribution < 1.29 is 18.0 Å². The van der Waals surface area contributed by atoms with Crippen molar-refractivity contribution in [2.24, 2.45) is 0 Å². The summed E-state index contributed by atoms with van der Waals surface area (Å²) in [6, 6.07) is 21.7. The molecule has 0 spiro atoms. The monoisotopic (exact) mass is 483 g/mol. The number of sulfonamides is 1. The fourth-order valence-corrected chi connectivity index (χ4v) is 3.95. The average molecular weight is 484 g/mol. The number of amides is 2. The van der Waals surface area contributed by atoms with Crippen molar-refractivity contribution in [2.45, 2.75) is 0 Å². The minimum atomic E-state index is -3.72. The van der Waals surface area contributed by atoms with Crippen LogP contribution in [-0.2, 0) is 14.8 Å². The number of hydrogen-bond acceptors (Lipinski definition) is 4. The summed E-state index contributed by atoms with van der Waals surface area (Å²) in [5.74, 6) is -0.752. The fourth-order valence-electron chi connectivity index (χ4n) is 2.89. The largest absolute Gasteiger partial charge is 0.332 e. The van der Waals surface area contributed by atoms with Crippen LogP contribution in [0, 0.1) is 0 Å². The molecule has 33 heavy (non-hydrogen) atoms. The lowest BCUT2D eigenvalue weighted by molar-refractivity contribution is -0.116. The molecule has 0 aliphatic carbocycles. The molecule has 170 valence electrons. The SMILES string of the molecule is CN(CC(=O)Nc1cccc(Cl)c1)C(=O)c1ccc(NS(=O)(=O)/C=C/c2ccccc2)cc1. The van der Waals surface area contributed by atoms with Gasteiger partial charge >= 0.3 is 0 Å². The molecule has 0 atom stereocenters. The van der Waals surface area contributed by atoms with E-state index in [2.05, 4.69) is 10.0 Å². The van der Waals surface area contributed by atoms with Gasteiger partial charge in [-0.05, 0) is 54.1 Å². The molecular formula is C24H22ClN3O4S. The molecule has 2 amide bonds. The van der Waals surface area contributed by atoms with Crippen LogP contribution < -0.4 is 10.0 Å². The van der Waals surface area contributed by atoms with E-state index in [9.17, 15) is 18.0 Å². The molecule has 0 unspecified atom stereocenters. The van der Waals surface area contributed by atoms with Gasteiger partial charge in [-0.2, -0.15) is 0 Å². The molecule has 3 aromatic rings. The molecule has 0 fully saturated rings. The van der Waals surface area contributed by atoms with Crippen molar-refractivity contribution in [1.82, 2.24) is 4.90 Å². The number of hydrogen-bond donors (Lipinski definition) is 2. The molecule has 0 aliphatic rings. The first-order valence-corrected chi connectivity index (χ1v) is 11.8. The van der Waals surface area contributed by atoms with E-state index in [1.807, 2.05) is 18.2 Å². The lowest BCUT2D eigenvalue weighted by atomic mass is 10.2. The van der Waals surface area contributed by atoms with Crippen LogP contribution in [-0.4, -0.2) is 38.7 Å². The Bertz CT molecular complexity index is 1260. The van der Waals surface area contributed by atoms with Crippen LogP contribution in [0.15, 0.2) is 84.3 Å². The Morgan fingerprint density at radius 3 is 2.30 bits per heavy atom. The summed E-state index contributed by atoms with van der Waals surface area (Å²) in [5.41, 5.74) is 1.92. The summed E-state index contributed by atoms with van der Waals surface area (Å²) in [4.78, 5) is 26.1. The molecule has 0 saturated carbocycles. The summed E-state index contributed by atoms with van der Waals surface area (Å²) in [7, 11) is -2.21. The molecule has 0 aliphatic heterocycles. The van der Waals surface area contributed by atoms with Crippen LogP contribution >= 0.6 is 11.6 Å². The third-order valence-corrected chi connectivity index (χ3v) is 5.72. The highest BCUT2D eigenvalue weighted by Gasteiger charge is 2.16. The van der Waals surface area contributed by atoms with E-state index in [1.54, 1.807) is 36.4 Å². The molecule has 0 heterocycles. The van der Waals surface area contributed by atoms with Crippen molar-refractivity contribution in [3.05, 3.63) is 100 Å². The van der Waals surface area contributed by atoms with Gasteiger partial charge in [-0.1, -0.05) is 48.0 Å². The van der Waals surface area contributed by atoms with E-state index in [-0.39, 0.29) is 18.4 Å². The van der Waals surface area contributed by atoms with Crippen LogP contribution in [0.2, 0.25) is 5.02 Å². The van der Waals surface area contributed by atoms with Crippen molar-refractivity contribution >= 4 is 50.9 Å². The number of halogens is 1. The van der Waals surface area contributed by atoms with Gasteiger partial charge in [0.15, 0.2) is 0 Å². The van der Waals surface area contributed by atoms with Crippen LogP contribution in [0.1, 0.15) is 15.9 Å². The van der Waals surface area contributed by atoms with Gasteiger partial charge in [-0.25, -0.2) is 8.42 Å². The van der Waals surface area contributed by atoms with Gasteiger partial charge in [0, 0.05) is 29.0 Å². The maximum atomic E-state index is 12.6. The second kappa shape index (κ2) is 10.8. The molecule has 9 heteroatoms. The minimum Gasteiger partial charge on any atom is -0.332 e. The number of anilines is 2. The van der Waals surface area contributed by atoms with Gasteiger partial charge in [-0.3, -0.25) is 14.3 Å². The maximum Gasteiger partial charge on any atom is 0.255 e. The van der Waals surface area contributed by atoms with Crippen molar-refractivity contribution in [2.75, 3.05) is 23.6 Å². The molecule has 3 rings (SSSR count). The summed E-state index contributed by atoms with van der Waals surface area (Å²) in [5, 5.41) is 4.24. The fraction of sp³-hybridized carbons (Fsp3) is 0.0833. The number of rotatable bonds is 8. The zero-order chi connectivity index (χ0) is 23.8. The topological polar surface area (TPSA) is 95.6 Å². The highest BCUT2D eigenvalue weighted by molar-refractivity contribution is 7.95. The highest BCUT2D eigenvalue weighted by atomic mass is 35.5. The van der Waals surface area contributed by atoms with Crippen molar-refractivity contribution in [1.29, 1.82) is 0 Å². The Labute approximate surface area is 197 Å². The molecule has 0 radical (unpaired) electrons. The normalized spacial score (nSPS) is 11.2. The van der Waals surface area contributed by atoms with Gasteiger partial charge in [0.2, 0.25) is 5.91 Å². The van der Waals surface area contributed by atoms with Crippen LogP contribution in [0.4, 0.5) is 11.4 Å². The van der Waals surface area contributed by atoms with Gasteiger partial charge in [0.1, 0.15) is 0 Å². The second-order valence-electron chi connectivity index (χ2n) is 7.16. The predicted octanol–water partition coefficient (Wildman–Crippen LogP) is 4.46. The standard InChI is InChI=1S/C24H22ClN3O4S/c1-28(17-23(29)26-22-9-5-8-20(25)16-22)24(30)19-10-12-21(13-11-19)27-33(31,32)15-14-18-6-3-2-4-7-18/h2-16,27H,17H2,1H3,(H,26,29)/b15-14+. The second-order valence-corrected chi connectivity index (χ2v) is 9.16. The molecule has 7 nitrogen and oxygen atoms in total. The van der Waals surface area contributed by atoms with Crippen molar-refractivity contribution in [3.8, 4) is 0 Å². The minimum absolute atomic E-state index is 0.163. The van der Waals surface area contributed by atoms with E-state index >= 15 is 0 Å². The molecule has 0 saturated heterocycles. The first-order valence-electron chi connectivity index (χ1n) is 9.89. The number of carbonyl (C=O) groups is 2. The zero-order valence-corrected chi connectivity index (χ0v) is 19.3. The average Bonchev–Trinajstić information content (AvgIpc) is 2.78. The summed E-state index contributed by atoms with van der Waals surface area (Å²) >= 11 is 5.90. The number of nitrogens with zero attached hydrogens (tertiary/aromatic N) is 1. The molecule has 0 aromatic heterocycles. The van der Waals surface area contributed by atoms with Crippen LogP contribution in [0.25, 0.3) is 6.08 Å². The summed E-state index contributed by atoms with van der Waals surface area (Å²) < 4.78 is 27.0. The lowest BCUT2D eigenvalue weighted by Crippen LogP contribution is -2.34. The van der Waals surface area contributed by atoms with E-state index < -0.39 is 10.0 Å². The predicted molar refractivity (Wildman–Crippen MR) is 132 cm³/mol.